The maximum atomic E-state index is 10.8. The summed E-state index contributed by atoms with van der Waals surface area (Å²) in [5, 5.41) is 11.7. The highest BCUT2D eigenvalue weighted by Gasteiger charge is 2.35. The quantitative estimate of drug-likeness (QED) is 0.449. The highest BCUT2D eigenvalue weighted by molar-refractivity contribution is 5.75. The monoisotopic (exact) mass is 216 g/mol. The molecule has 0 aromatic heterocycles. The molecule has 0 bridgehead atoms. The van der Waals surface area contributed by atoms with Gasteiger partial charge in [0.15, 0.2) is 0 Å². The van der Waals surface area contributed by atoms with Gasteiger partial charge in [-0.05, 0) is 18.8 Å². The molecule has 1 atom stereocenters. The Balaban J connectivity index is 2.06. The second-order valence-corrected chi connectivity index (χ2v) is 3.63. The summed E-state index contributed by atoms with van der Waals surface area (Å²) in [5.41, 5.74) is 4.86. The molecule has 0 aliphatic heterocycles. The van der Waals surface area contributed by atoms with Gasteiger partial charge in [-0.3, -0.25) is 9.59 Å². The lowest BCUT2D eigenvalue weighted by atomic mass is 10.2. The molecule has 86 valence electrons. The lowest BCUT2D eigenvalue weighted by Gasteiger charge is -2.12. The maximum Gasteiger partial charge on any atom is 0.320 e. The van der Waals surface area contributed by atoms with E-state index in [9.17, 15) is 9.59 Å². The maximum absolute atomic E-state index is 10.8. The number of hydrogen-bond donors (Lipinski definition) is 3. The van der Waals surface area contributed by atoms with Gasteiger partial charge in [-0.1, -0.05) is 0 Å². The third-order valence-electron chi connectivity index (χ3n) is 2.21. The zero-order chi connectivity index (χ0) is 11.3. The molecule has 0 radical (unpaired) electrons. The number of amides is 1. The largest absolute Gasteiger partial charge is 0.480 e. The van der Waals surface area contributed by atoms with Crippen LogP contribution in [0.25, 0.3) is 0 Å². The topological polar surface area (TPSA) is 102 Å². The number of rotatable bonds is 8. The van der Waals surface area contributed by atoms with Crippen LogP contribution in [0.1, 0.15) is 12.8 Å². The van der Waals surface area contributed by atoms with E-state index in [4.69, 9.17) is 15.6 Å². The van der Waals surface area contributed by atoms with Crippen molar-refractivity contribution in [3.05, 3.63) is 0 Å². The second-order valence-electron chi connectivity index (χ2n) is 3.63. The highest BCUT2D eigenvalue weighted by atomic mass is 16.5. The Bertz CT molecular complexity index is 240. The molecule has 6 heteroatoms. The van der Waals surface area contributed by atoms with Crippen molar-refractivity contribution in [3.63, 3.8) is 0 Å². The molecule has 0 heterocycles. The van der Waals surface area contributed by atoms with Crippen LogP contribution in [0.5, 0.6) is 0 Å². The van der Waals surface area contributed by atoms with E-state index in [0.29, 0.717) is 13.2 Å². The Morgan fingerprint density at radius 1 is 1.53 bits per heavy atom. The van der Waals surface area contributed by atoms with Crippen LogP contribution in [0.2, 0.25) is 0 Å². The van der Waals surface area contributed by atoms with Gasteiger partial charge in [-0.25, -0.2) is 0 Å². The van der Waals surface area contributed by atoms with Gasteiger partial charge in [0, 0.05) is 6.54 Å². The summed E-state index contributed by atoms with van der Waals surface area (Å²) in [6.45, 7) is 0.586. The van der Waals surface area contributed by atoms with Gasteiger partial charge in [0.25, 0.3) is 0 Å². The molecule has 6 nitrogen and oxygen atoms in total. The number of carbonyl (C=O) groups excluding carboxylic acids is 1. The van der Waals surface area contributed by atoms with Crippen LogP contribution in [0.3, 0.4) is 0 Å². The molecule has 1 fully saturated rings. The molecule has 1 unspecified atom stereocenters. The zero-order valence-electron chi connectivity index (χ0n) is 8.44. The first-order valence-corrected chi connectivity index (χ1v) is 4.93. The van der Waals surface area contributed by atoms with Gasteiger partial charge in [0.1, 0.15) is 12.6 Å². The summed E-state index contributed by atoms with van der Waals surface area (Å²) in [7, 11) is 0. The van der Waals surface area contributed by atoms with Crippen molar-refractivity contribution in [2.24, 2.45) is 11.7 Å². The van der Waals surface area contributed by atoms with E-state index in [2.05, 4.69) is 5.32 Å². The minimum absolute atomic E-state index is 0.122. The van der Waals surface area contributed by atoms with Crippen LogP contribution in [-0.4, -0.2) is 42.8 Å². The number of aliphatic carboxylic acids is 1. The van der Waals surface area contributed by atoms with Crippen molar-refractivity contribution in [2.45, 2.75) is 18.9 Å². The molecule has 4 N–H and O–H groups in total. The fourth-order valence-electron chi connectivity index (χ4n) is 1.34. The lowest BCUT2D eigenvalue weighted by Crippen LogP contribution is -2.40. The third-order valence-corrected chi connectivity index (χ3v) is 2.21. The summed E-state index contributed by atoms with van der Waals surface area (Å²) in [4.78, 5) is 21.1. The number of nitrogens with one attached hydrogen (secondary N) is 1. The Labute approximate surface area is 87.8 Å². The number of primary amides is 1. The summed E-state index contributed by atoms with van der Waals surface area (Å²) in [5.74, 6) is -1.10. The number of carboxylic acid groups (broad SMARTS) is 1. The summed E-state index contributed by atoms with van der Waals surface area (Å²) in [6, 6.07) is -0.484. The van der Waals surface area contributed by atoms with Crippen molar-refractivity contribution in [1.29, 1.82) is 0 Å². The lowest BCUT2D eigenvalue weighted by molar-refractivity contribution is -0.140. The number of hydrogen-bond acceptors (Lipinski definition) is 4. The van der Waals surface area contributed by atoms with Gasteiger partial charge in [-0.15, -0.1) is 0 Å². The second kappa shape index (κ2) is 5.67. The smallest absolute Gasteiger partial charge is 0.320 e. The Kier molecular flexibility index (Phi) is 4.51. The fraction of sp³-hybridized carbons (Fsp3) is 0.778. The Hall–Kier alpha value is -1.14. The molecule has 15 heavy (non-hydrogen) atoms. The Morgan fingerprint density at radius 2 is 2.20 bits per heavy atom. The van der Waals surface area contributed by atoms with Gasteiger partial charge in [0.05, 0.1) is 6.61 Å². The van der Waals surface area contributed by atoms with Crippen molar-refractivity contribution in [1.82, 2.24) is 5.32 Å². The number of carbonyl (C=O) groups is 2. The molecule has 0 spiro atoms. The van der Waals surface area contributed by atoms with Crippen molar-refractivity contribution < 1.29 is 19.4 Å². The van der Waals surface area contributed by atoms with E-state index in [-0.39, 0.29) is 12.5 Å². The van der Waals surface area contributed by atoms with Crippen molar-refractivity contribution in [3.8, 4) is 0 Å². The summed E-state index contributed by atoms with van der Waals surface area (Å²) < 4.78 is 4.90. The van der Waals surface area contributed by atoms with Crippen LogP contribution < -0.4 is 11.1 Å². The van der Waals surface area contributed by atoms with Gasteiger partial charge in [-0.2, -0.15) is 0 Å². The molecule has 0 aromatic carbocycles. The summed E-state index contributed by atoms with van der Waals surface area (Å²) in [6.07, 6.45) is 1.93. The molecule has 0 saturated heterocycles. The molecular formula is C9H16N2O4. The molecular weight excluding hydrogens is 200 g/mol. The summed E-state index contributed by atoms with van der Waals surface area (Å²) >= 11 is 0. The van der Waals surface area contributed by atoms with E-state index in [1.165, 1.54) is 0 Å². The standard InChI is InChI=1S/C9H16N2O4/c10-7(12)5-15-4-3-11-8(9(13)14)6-1-2-6/h6,8,11H,1-5H2,(H2,10,12)(H,13,14). The van der Waals surface area contributed by atoms with E-state index in [0.717, 1.165) is 12.8 Å². The average molecular weight is 216 g/mol. The van der Waals surface area contributed by atoms with E-state index < -0.39 is 17.9 Å². The number of ether oxygens (including phenoxy) is 1. The molecule has 1 aliphatic rings. The predicted molar refractivity (Wildman–Crippen MR) is 52.2 cm³/mol. The number of nitrogens with two attached hydrogens (primary N) is 1. The van der Waals surface area contributed by atoms with E-state index in [1.807, 2.05) is 0 Å². The first kappa shape index (κ1) is 11.9. The first-order chi connectivity index (χ1) is 7.11. The first-order valence-electron chi connectivity index (χ1n) is 4.93. The molecule has 1 saturated carbocycles. The van der Waals surface area contributed by atoms with Gasteiger partial charge < -0.3 is 20.9 Å². The van der Waals surface area contributed by atoms with E-state index >= 15 is 0 Å². The molecule has 1 rings (SSSR count). The number of carboxylic acids is 1. The SMILES string of the molecule is NC(=O)COCCNC(C(=O)O)C1CC1. The van der Waals surface area contributed by atoms with Crippen LogP contribution in [-0.2, 0) is 14.3 Å². The van der Waals surface area contributed by atoms with Gasteiger partial charge >= 0.3 is 5.97 Å². The van der Waals surface area contributed by atoms with Crippen LogP contribution in [0.4, 0.5) is 0 Å². The predicted octanol–water partition coefficient (Wildman–Crippen LogP) is -1.06. The fourth-order valence-corrected chi connectivity index (χ4v) is 1.34. The zero-order valence-corrected chi connectivity index (χ0v) is 8.44. The molecule has 1 amide bonds. The normalized spacial score (nSPS) is 17.3. The highest BCUT2D eigenvalue weighted by Crippen LogP contribution is 2.32. The van der Waals surface area contributed by atoms with Crippen molar-refractivity contribution in [2.75, 3.05) is 19.8 Å². The minimum atomic E-state index is -0.826. The molecule has 1 aliphatic carbocycles. The Morgan fingerprint density at radius 3 is 2.67 bits per heavy atom. The van der Waals surface area contributed by atoms with Gasteiger partial charge in [0.2, 0.25) is 5.91 Å². The average Bonchev–Trinajstić information content (AvgIpc) is 2.93. The van der Waals surface area contributed by atoms with Crippen LogP contribution in [0, 0.1) is 5.92 Å². The van der Waals surface area contributed by atoms with E-state index in [1.54, 1.807) is 0 Å². The molecule has 0 aromatic rings. The van der Waals surface area contributed by atoms with Crippen LogP contribution in [0.15, 0.2) is 0 Å². The van der Waals surface area contributed by atoms with Crippen molar-refractivity contribution >= 4 is 11.9 Å². The third kappa shape index (κ3) is 4.75. The van der Waals surface area contributed by atoms with Crippen LogP contribution >= 0.6 is 0 Å². The minimum Gasteiger partial charge on any atom is -0.480 e.